The molecule has 0 radical (unpaired) electrons. The number of aliphatic hydroxyl groups excluding tert-OH is 1. The van der Waals surface area contributed by atoms with Crippen molar-refractivity contribution in [1.29, 1.82) is 5.26 Å². The summed E-state index contributed by atoms with van der Waals surface area (Å²) >= 11 is 0. The third-order valence-electron chi connectivity index (χ3n) is 4.48. The van der Waals surface area contributed by atoms with E-state index < -0.39 is 6.10 Å². The van der Waals surface area contributed by atoms with E-state index in [2.05, 4.69) is 18.3 Å². The molecule has 0 heterocycles. The first-order chi connectivity index (χ1) is 10.2. The van der Waals surface area contributed by atoms with E-state index in [0.717, 1.165) is 6.54 Å². The summed E-state index contributed by atoms with van der Waals surface area (Å²) < 4.78 is 5.53. The number of nitriles is 1. The van der Waals surface area contributed by atoms with Crippen LogP contribution in [0.15, 0.2) is 24.3 Å². The first-order valence-corrected chi connectivity index (χ1v) is 7.70. The summed E-state index contributed by atoms with van der Waals surface area (Å²) in [6.07, 6.45) is 4.54. The SMILES string of the molecule is CCC1(CNCC(O)COc2ccccc2C#N)CCC1. The van der Waals surface area contributed by atoms with E-state index in [4.69, 9.17) is 10.00 Å². The van der Waals surface area contributed by atoms with E-state index in [1.165, 1.54) is 25.7 Å². The number of ether oxygens (including phenoxy) is 1. The molecule has 114 valence electrons. The van der Waals surface area contributed by atoms with E-state index in [0.29, 0.717) is 23.3 Å². The van der Waals surface area contributed by atoms with Crippen LogP contribution in [-0.4, -0.2) is 30.9 Å². The third-order valence-corrected chi connectivity index (χ3v) is 4.48. The molecule has 1 saturated carbocycles. The number of para-hydroxylation sites is 1. The Hall–Kier alpha value is -1.57. The summed E-state index contributed by atoms with van der Waals surface area (Å²) in [6.45, 7) is 3.93. The molecular formula is C17H24N2O2. The molecule has 2 rings (SSSR count). The van der Waals surface area contributed by atoms with Gasteiger partial charge in [0, 0.05) is 13.1 Å². The zero-order valence-electron chi connectivity index (χ0n) is 12.6. The lowest BCUT2D eigenvalue weighted by molar-refractivity contribution is 0.0868. The standard InChI is InChI=1S/C17H24N2O2/c1-2-17(8-5-9-17)13-19-11-15(20)12-21-16-7-4-3-6-14(16)10-18/h3-4,6-7,15,19-20H,2,5,8-9,11-13H2,1H3. The van der Waals surface area contributed by atoms with E-state index in [1.54, 1.807) is 18.2 Å². The van der Waals surface area contributed by atoms with Gasteiger partial charge in [0.25, 0.3) is 0 Å². The van der Waals surface area contributed by atoms with Crippen molar-refractivity contribution in [1.82, 2.24) is 5.32 Å². The van der Waals surface area contributed by atoms with E-state index in [1.807, 2.05) is 6.07 Å². The number of hydrogen-bond acceptors (Lipinski definition) is 4. The summed E-state index contributed by atoms with van der Waals surface area (Å²) in [5.74, 6) is 0.531. The predicted molar refractivity (Wildman–Crippen MR) is 82.1 cm³/mol. The maximum Gasteiger partial charge on any atom is 0.137 e. The molecule has 1 atom stereocenters. The second-order valence-corrected chi connectivity index (χ2v) is 5.91. The van der Waals surface area contributed by atoms with Gasteiger partial charge in [0.2, 0.25) is 0 Å². The van der Waals surface area contributed by atoms with Crippen molar-refractivity contribution in [2.24, 2.45) is 5.41 Å². The van der Waals surface area contributed by atoms with Crippen LogP contribution in [0.4, 0.5) is 0 Å². The molecule has 1 aromatic rings. The van der Waals surface area contributed by atoms with Crippen molar-refractivity contribution in [2.75, 3.05) is 19.7 Å². The second-order valence-electron chi connectivity index (χ2n) is 5.91. The minimum Gasteiger partial charge on any atom is -0.489 e. The van der Waals surface area contributed by atoms with E-state index in [9.17, 15) is 5.11 Å². The molecule has 0 bridgehead atoms. The molecule has 1 aliphatic carbocycles. The molecular weight excluding hydrogens is 264 g/mol. The van der Waals surface area contributed by atoms with Crippen LogP contribution in [0.5, 0.6) is 5.75 Å². The Kier molecular flexibility index (Phi) is 5.60. The fourth-order valence-electron chi connectivity index (χ4n) is 2.77. The van der Waals surface area contributed by atoms with Crippen molar-refractivity contribution in [2.45, 2.75) is 38.7 Å². The van der Waals surface area contributed by atoms with Gasteiger partial charge in [0.1, 0.15) is 24.5 Å². The number of nitrogens with zero attached hydrogens (tertiary/aromatic N) is 1. The summed E-state index contributed by atoms with van der Waals surface area (Å²) in [7, 11) is 0. The summed E-state index contributed by atoms with van der Waals surface area (Å²) in [4.78, 5) is 0. The van der Waals surface area contributed by atoms with Gasteiger partial charge < -0.3 is 15.2 Å². The number of benzene rings is 1. The molecule has 1 unspecified atom stereocenters. The fourth-order valence-corrected chi connectivity index (χ4v) is 2.77. The number of nitrogens with one attached hydrogen (secondary N) is 1. The highest BCUT2D eigenvalue weighted by Gasteiger charge is 2.34. The normalized spacial score (nSPS) is 17.6. The zero-order chi connectivity index (χ0) is 15.1. The molecule has 0 aromatic heterocycles. The first kappa shape index (κ1) is 15.8. The maximum atomic E-state index is 9.96. The number of rotatable bonds is 8. The Morgan fingerprint density at radius 3 is 2.81 bits per heavy atom. The molecule has 0 amide bonds. The summed E-state index contributed by atoms with van der Waals surface area (Å²) in [5.41, 5.74) is 0.950. The Morgan fingerprint density at radius 2 is 2.19 bits per heavy atom. The van der Waals surface area contributed by atoms with Crippen LogP contribution in [0.2, 0.25) is 0 Å². The van der Waals surface area contributed by atoms with Crippen LogP contribution in [0.1, 0.15) is 38.2 Å². The molecule has 0 spiro atoms. The monoisotopic (exact) mass is 288 g/mol. The lowest BCUT2D eigenvalue weighted by atomic mass is 9.67. The third kappa shape index (κ3) is 4.20. The van der Waals surface area contributed by atoms with Gasteiger partial charge in [-0.05, 0) is 36.8 Å². The number of hydrogen-bond donors (Lipinski definition) is 2. The molecule has 1 aliphatic rings. The van der Waals surface area contributed by atoms with Gasteiger partial charge in [-0.2, -0.15) is 5.26 Å². The number of aliphatic hydroxyl groups is 1. The molecule has 0 aliphatic heterocycles. The average molecular weight is 288 g/mol. The molecule has 4 nitrogen and oxygen atoms in total. The quantitative estimate of drug-likeness (QED) is 0.771. The van der Waals surface area contributed by atoms with Gasteiger partial charge in [0.05, 0.1) is 5.56 Å². The molecule has 4 heteroatoms. The minimum absolute atomic E-state index is 0.199. The van der Waals surface area contributed by atoms with Gasteiger partial charge in [-0.15, -0.1) is 0 Å². The van der Waals surface area contributed by atoms with Crippen LogP contribution in [0.25, 0.3) is 0 Å². The van der Waals surface area contributed by atoms with Crippen LogP contribution in [0.3, 0.4) is 0 Å². The van der Waals surface area contributed by atoms with Crippen molar-refractivity contribution < 1.29 is 9.84 Å². The molecule has 1 fully saturated rings. The molecule has 1 aromatic carbocycles. The Morgan fingerprint density at radius 1 is 1.43 bits per heavy atom. The highest BCUT2D eigenvalue weighted by atomic mass is 16.5. The molecule has 2 N–H and O–H groups in total. The van der Waals surface area contributed by atoms with Gasteiger partial charge in [0.15, 0.2) is 0 Å². The first-order valence-electron chi connectivity index (χ1n) is 7.70. The van der Waals surface area contributed by atoms with Gasteiger partial charge in [-0.25, -0.2) is 0 Å². The van der Waals surface area contributed by atoms with E-state index in [-0.39, 0.29) is 6.61 Å². The van der Waals surface area contributed by atoms with Gasteiger partial charge in [-0.1, -0.05) is 25.5 Å². The van der Waals surface area contributed by atoms with Crippen molar-refractivity contribution in [3.63, 3.8) is 0 Å². The van der Waals surface area contributed by atoms with Crippen LogP contribution < -0.4 is 10.1 Å². The Bertz CT molecular complexity index is 486. The lowest BCUT2D eigenvalue weighted by Gasteiger charge is -2.41. The van der Waals surface area contributed by atoms with Crippen LogP contribution in [-0.2, 0) is 0 Å². The average Bonchev–Trinajstić information content (AvgIpc) is 2.48. The Labute approximate surface area is 126 Å². The Balaban J connectivity index is 1.70. The lowest BCUT2D eigenvalue weighted by Crippen LogP contribution is -2.42. The molecule has 0 saturated heterocycles. The minimum atomic E-state index is -0.564. The van der Waals surface area contributed by atoms with E-state index >= 15 is 0 Å². The summed E-state index contributed by atoms with van der Waals surface area (Å²) in [5, 5.41) is 22.3. The largest absolute Gasteiger partial charge is 0.489 e. The van der Waals surface area contributed by atoms with Crippen molar-refractivity contribution in [3.8, 4) is 11.8 Å². The summed E-state index contributed by atoms with van der Waals surface area (Å²) in [6, 6.07) is 9.16. The topological polar surface area (TPSA) is 65.3 Å². The fraction of sp³-hybridized carbons (Fsp3) is 0.588. The van der Waals surface area contributed by atoms with Gasteiger partial charge >= 0.3 is 0 Å². The van der Waals surface area contributed by atoms with Crippen LogP contribution in [0, 0.1) is 16.7 Å². The zero-order valence-corrected chi connectivity index (χ0v) is 12.6. The predicted octanol–water partition coefficient (Wildman–Crippen LogP) is 2.47. The molecule has 21 heavy (non-hydrogen) atoms. The maximum absolute atomic E-state index is 9.96. The highest BCUT2D eigenvalue weighted by Crippen LogP contribution is 2.42. The van der Waals surface area contributed by atoms with Gasteiger partial charge in [-0.3, -0.25) is 0 Å². The van der Waals surface area contributed by atoms with Crippen LogP contribution >= 0.6 is 0 Å². The smallest absolute Gasteiger partial charge is 0.137 e. The second kappa shape index (κ2) is 7.44. The van der Waals surface area contributed by atoms with Crippen molar-refractivity contribution >= 4 is 0 Å². The highest BCUT2D eigenvalue weighted by molar-refractivity contribution is 5.42. The van der Waals surface area contributed by atoms with Crippen molar-refractivity contribution in [3.05, 3.63) is 29.8 Å².